The van der Waals surface area contributed by atoms with E-state index in [0.717, 1.165) is 19.3 Å². The number of nitrogens with two attached hydrogens (primary N) is 1. The molecule has 0 aromatic heterocycles. The van der Waals surface area contributed by atoms with Crippen molar-refractivity contribution >= 4 is 0 Å². The Balaban J connectivity index is 2.05. The fraction of sp³-hybridized carbons (Fsp3) is 1.00. The van der Waals surface area contributed by atoms with Crippen LogP contribution in [-0.2, 0) is 0 Å². The third-order valence-electron chi connectivity index (χ3n) is 3.32. The lowest BCUT2D eigenvalue weighted by Crippen LogP contribution is -2.23. The molecular formula is C12H24FN. The van der Waals surface area contributed by atoms with Gasteiger partial charge in [0.2, 0.25) is 0 Å². The summed E-state index contributed by atoms with van der Waals surface area (Å²) in [5.41, 5.74) is 4.81. The van der Waals surface area contributed by atoms with Gasteiger partial charge in [-0.25, -0.2) is 4.39 Å². The van der Waals surface area contributed by atoms with Crippen LogP contribution in [0.4, 0.5) is 4.39 Å². The van der Waals surface area contributed by atoms with Gasteiger partial charge in [-0.2, -0.15) is 0 Å². The SMILES string of the molecule is CCCCCCCC1(F)CCC(N)C1. The maximum atomic E-state index is 14.0. The third-order valence-corrected chi connectivity index (χ3v) is 3.32. The molecule has 1 saturated carbocycles. The normalized spacial score (nSPS) is 32.4. The molecule has 0 spiro atoms. The summed E-state index contributed by atoms with van der Waals surface area (Å²) in [6.45, 7) is 2.20. The van der Waals surface area contributed by atoms with Crippen molar-refractivity contribution in [2.75, 3.05) is 0 Å². The van der Waals surface area contributed by atoms with Gasteiger partial charge in [0, 0.05) is 6.04 Å². The molecule has 0 amide bonds. The van der Waals surface area contributed by atoms with Gasteiger partial charge in [0.05, 0.1) is 0 Å². The van der Waals surface area contributed by atoms with Crippen molar-refractivity contribution in [2.45, 2.75) is 76.4 Å². The number of hydrogen-bond donors (Lipinski definition) is 1. The van der Waals surface area contributed by atoms with Gasteiger partial charge in [-0.1, -0.05) is 39.0 Å². The quantitative estimate of drug-likeness (QED) is 0.653. The van der Waals surface area contributed by atoms with Gasteiger partial charge < -0.3 is 5.73 Å². The van der Waals surface area contributed by atoms with Gasteiger partial charge >= 0.3 is 0 Å². The van der Waals surface area contributed by atoms with Crippen LogP contribution in [0.5, 0.6) is 0 Å². The minimum Gasteiger partial charge on any atom is -0.328 e. The molecule has 1 aliphatic rings. The average Bonchev–Trinajstić information content (AvgIpc) is 2.47. The summed E-state index contributed by atoms with van der Waals surface area (Å²) in [6.07, 6.45) is 8.96. The van der Waals surface area contributed by atoms with Crippen molar-refractivity contribution in [1.29, 1.82) is 0 Å². The molecule has 1 nitrogen and oxygen atoms in total. The minimum absolute atomic E-state index is 0.121. The van der Waals surface area contributed by atoms with Gasteiger partial charge in [0.1, 0.15) is 5.67 Å². The Morgan fingerprint density at radius 3 is 2.57 bits per heavy atom. The molecule has 0 saturated heterocycles. The topological polar surface area (TPSA) is 26.0 Å². The zero-order valence-corrected chi connectivity index (χ0v) is 9.40. The van der Waals surface area contributed by atoms with Crippen LogP contribution in [0.2, 0.25) is 0 Å². The average molecular weight is 201 g/mol. The lowest BCUT2D eigenvalue weighted by atomic mass is 9.96. The highest BCUT2D eigenvalue weighted by Gasteiger charge is 2.36. The summed E-state index contributed by atoms with van der Waals surface area (Å²) in [7, 11) is 0. The number of halogens is 1. The lowest BCUT2D eigenvalue weighted by molar-refractivity contribution is 0.152. The van der Waals surface area contributed by atoms with Crippen molar-refractivity contribution in [2.24, 2.45) is 5.73 Å². The first-order chi connectivity index (χ1) is 6.66. The molecule has 2 atom stereocenters. The Bertz CT molecular complexity index is 160. The second-order valence-corrected chi connectivity index (χ2v) is 4.82. The maximum absolute atomic E-state index is 14.0. The summed E-state index contributed by atoms with van der Waals surface area (Å²) in [5.74, 6) is 0. The van der Waals surface area contributed by atoms with Crippen LogP contribution in [0.1, 0.15) is 64.7 Å². The van der Waals surface area contributed by atoms with Crippen molar-refractivity contribution in [1.82, 2.24) is 0 Å². The summed E-state index contributed by atoms with van der Waals surface area (Å²) in [5, 5.41) is 0. The fourth-order valence-electron chi connectivity index (χ4n) is 2.39. The molecule has 1 rings (SSSR count). The first kappa shape index (κ1) is 12.0. The molecular weight excluding hydrogens is 177 g/mol. The summed E-state index contributed by atoms with van der Waals surface area (Å²) >= 11 is 0. The number of rotatable bonds is 6. The van der Waals surface area contributed by atoms with Crippen LogP contribution in [0.3, 0.4) is 0 Å². The van der Waals surface area contributed by atoms with Crippen LogP contribution in [0, 0.1) is 0 Å². The molecule has 1 aliphatic carbocycles. The van der Waals surface area contributed by atoms with Gasteiger partial charge in [-0.15, -0.1) is 0 Å². The Labute approximate surface area is 87.3 Å². The predicted molar refractivity (Wildman–Crippen MR) is 59.0 cm³/mol. The Kier molecular flexibility index (Phi) is 4.86. The minimum atomic E-state index is -0.911. The van der Waals surface area contributed by atoms with Crippen molar-refractivity contribution in [3.8, 4) is 0 Å². The van der Waals surface area contributed by atoms with E-state index in [0.29, 0.717) is 12.8 Å². The van der Waals surface area contributed by atoms with E-state index in [1.54, 1.807) is 0 Å². The molecule has 0 aliphatic heterocycles. The summed E-state index contributed by atoms with van der Waals surface area (Å²) in [6, 6.07) is 0.121. The van der Waals surface area contributed by atoms with Crippen LogP contribution in [-0.4, -0.2) is 11.7 Å². The first-order valence-electron chi connectivity index (χ1n) is 6.11. The fourth-order valence-corrected chi connectivity index (χ4v) is 2.39. The van der Waals surface area contributed by atoms with Crippen LogP contribution < -0.4 is 5.73 Å². The highest BCUT2D eigenvalue weighted by Crippen LogP contribution is 2.37. The Morgan fingerprint density at radius 1 is 1.29 bits per heavy atom. The van der Waals surface area contributed by atoms with Crippen molar-refractivity contribution in [3.63, 3.8) is 0 Å². The summed E-state index contributed by atoms with van der Waals surface area (Å²) in [4.78, 5) is 0. The Hall–Kier alpha value is -0.110. The molecule has 84 valence electrons. The highest BCUT2D eigenvalue weighted by molar-refractivity contribution is 4.91. The van der Waals surface area contributed by atoms with Crippen LogP contribution in [0.15, 0.2) is 0 Å². The number of unbranched alkanes of at least 4 members (excludes halogenated alkanes) is 4. The second kappa shape index (κ2) is 5.69. The van der Waals surface area contributed by atoms with Crippen LogP contribution >= 0.6 is 0 Å². The van der Waals surface area contributed by atoms with Gasteiger partial charge in [-0.3, -0.25) is 0 Å². The molecule has 0 aromatic rings. The van der Waals surface area contributed by atoms with E-state index >= 15 is 0 Å². The zero-order valence-electron chi connectivity index (χ0n) is 9.40. The Morgan fingerprint density at radius 2 is 2.00 bits per heavy atom. The predicted octanol–water partition coefficient (Wildman–Crippen LogP) is 3.57. The lowest BCUT2D eigenvalue weighted by Gasteiger charge is -2.18. The van der Waals surface area contributed by atoms with E-state index in [2.05, 4.69) is 6.92 Å². The zero-order chi connectivity index (χ0) is 10.4. The number of alkyl halides is 1. The molecule has 2 heteroatoms. The molecule has 14 heavy (non-hydrogen) atoms. The molecule has 2 N–H and O–H groups in total. The molecule has 0 bridgehead atoms. The van der Waals surface area contributed by atoms with E-state index in [1.165, 1.54) is 25.7 Å². The number of hydrogen-bond acceptors (Lipinski definition) is 1. The standard InChI is InChI=1S/C12H24FN/c1-2-3-4-5-6-8-12(13)9-7-11(14)10-12/h11H,2-10,14H2,1H3. The monoisotopic (exact) mass is 201 g/mol. The summed E-state index contributed by atoms with van der Waals surface area (Å²) < 4.78 is 14.0. The third kappa shape index (κ3) is 3.95. The molecule has 0 aromatic carbocycles. The van der Waals surface area contributed by atoms with Crippen molar-refractivity contribution in [3.05, 3.63) is 0 Å². The first-order valence-corrected chi connectivity index (χ1v) is 6.11. The largest absolute Gasteiger partial charge is 0.328 e. The van der Waals surface area contributed by atoms with Crippen molar-refractivity contribution < 1.29 is 4.39 Å². The van der Waals surface area contributed by atoms with E-state index in [1.807, 2.05) is 0 Å². The van der Waals surface area contributed by atoms with Gasteiger partial charge in [0.25, 0.3) is 0 Å². The second-order valence-electron chi connectivity index (χ2n) is 4.82. The highest BCUT2D eigenvalue weighted by atomic mass is 19.1. The van der Waals surface area contributed by atoms with E-state index in [9.17, 15) is 4.39 Å². The van der Waals surface area contributed by atoms with E-state index < -0.39 is 5.67 Å². The van der Waals surface area contributed by atoms with Gasteiger partial charge in [-0.05, 0) is 25.7 Å². The van der Waals surface area contributed by atoms with E-state index in [-0.39, 0.29) is 6.04 Å². The van der Waals surface area contributed by atoms with Crippen LogP contribution in [0.25, 0.3) is 0 Å². The smallest absolute Gasteiger partial charge is 0.112 e. The molecule has 2 unspecified atom stereocenters. The molecule has 1 fully saturated rings. The molecule has 0 radical (unpaired) electrons. The maximum Gasteiger partial charge on any atom is 0.112 e. The van der Waals surface area contributed by atoms with E-state index in [4.69, 9.17) is 5.73 Å². The molecule has 0 heterocycles. The van der Waals surface area contributed by atoms with Gasteiger partial charge in [0.15, 0.2) is 0 Å².